The second-order valence-corrected chi connectivity index (χ2v) is 8.40. The van der Waals surface area contributed by atoms with Crippen LogP contribution >= 0.6 is 35.1 Å². The molecule has 2 aromatic rings. The fourth-order valence-electron chi connectivity index (χ4n) is 2.46. The van der Waals surface area contributed by atoms with Crippen LogP contribution in [0.4, 0.5) is 9.18 Å². The number of halogens is 2. The molecule has 1 fully saturated rings. The lowest BCUT2D eigenvalue weighted by Gasteiger charge is -2.13. The summed E-state index contributed by atoms with van der Waals surface area (Å²) in [5.74, 6) is -0.827. The zero-order valence-corrected chi connectivity index (χ0v) is 17.5. The summed E-state index contributed by atoms with van der Waals surface area (Å²) in [5, 5.41) is 2.78. The number of rotatable bonds is 7. The molecular weight excluding hydrogens is 435 g/mol. The molecule has 3 amide bonds. The van der Waals surface area contributed by atoms with Gasteiger partial charge in [0.25, 0.3) is 11.1 Å². The van der Waals surface area contributed by atoms with E-state index in [4.69, 9.17) is 11.6 Å². The molecular formula is C20H16ClFN2O3S2. The van der Waals surface area contributed by atoms with E-state index in [-0.39, 0.29) is 35.8 Å². The van der Waals surface area contributed by atoms with Crippen molar-refractivity contribution in [2.24, 2.45) is 0 Å². The van der Waals surface area contributed by atoms with Crippen molar-refractivity contribution < 1.29 is 18.8 Å². The van der Waals surface area contributed by atoms with Gasteiger partial charge in [0.15, 0.2) is 0 Å². The standard InChI is InChI=1S/C20H16ClFN2O3S2/c21-16-4-2-1-3-13(16)11-17-19(26)24(20(27)29-17)10-9-23-18(25)12-28-15-7-5-14(22)6-8-15/h1-8,11H,9-10,12H2,(H,23,25)/b17-11-. The van der Waals surface area contributed by atoms with E-state index in [1.807, 2.05) is 0 Å². The van der Waals surface area contributed by atoms with Gasteiger partial charge in [-0.15, -0.1) is 11.8 Å². The highest BCUT2D eigenvalue weighted by atomic mass is 35.5. The SMILES string of the molecule is O=C(CSc1ccc(F)cc1)NCCN1C(=O)S/C(=C\c2ccccc2Cl)C1=O. The van der Waals surface area contributed by atoms with Crippen LogP contribution in [-0.4, -0.2) is 40.8 Å². The molecule has 0 spiro atoms. The lowest BCUT2D eigenvalue weighted by Crippen LogP contribution is -2.37. The summed E-state index contributed by atoms with van der Waals surface area (Å²) < 4.78 is 12.9. The molecule has 1 heterocycles. The highest BCUT2D eigenvalue weighted by molar-refractivity contribution is 8.18. The number of hydrogen-bond donors (Lipinski definition) is 1. The zero-order valence-electron chi connectivity index (χ0n) is 15.1. The number of carbonyl (C=O) groups is 3. The van der Waals surface area contributed by atoms with Gasteiger partial charge in [0.05, 0.1) is 10.7 Å². The summed E-state index contributed by atoms with van der Waals surface area (Å²) in [7, 11) is 0. The number of benzene rings is 2. The van der Waals surface area contributed by atoms with E-state index in [9.17, 15) is 18.8 Å². The Morgan fingerprint density at radius 2 is 1.90 bits per heavy atom. The first-order valence-electron chi connectivity index (χ1n) is 8.59. The first-order valence-corrected chi connectivity index (χ1v) is 10.8. The third kappa shape index (κ3) is 5.85. The number of nitrogens with zero attached hydrogens (tertiary/aromatic N) is 1. The third-order valence-electron chi connectivity index (χ3n) is 3.91. The van der Waals surface area contributed by atoms with Crippen LogP contribution in [-0.2, 0) is 9.59 Å². The summed E-state index contributed by atoms with van der Waals surface area (Å²) >= 11 is 8.21. The molecule has 1 saturated heterocycles. The molecule has 5 nitrogen and oxygen atoms in total. The van der Waals surface area contributed by atoms with Gasteiger partial charge >= 0.3 is 0 Å². The van der Waals surface area contributed by atoms with Crippen molar-refractivity contribution in [2.45, 2.75) is 4.90 Å². The van der Waals surface area contributed by atoms with E-state index < -0.39 is 5.91 Å². The van der Waals surface area contributed by atoms with Crippen LogP contribution in [0.15, 0.2) is 58.3 Å². The van der Waals surface area contributed by atoms with Gasteiger partial charge in [-0.2, -0.15) is 0 Å². The van der Waals surface area contributed by atoms with Crippen LogP contribution in [0.1, 0.15) is 5.56 Å². The lowest BCUT2D eigenvalue weighted by atomic mass is 10.2. The van der Waals surface area contributed by atoms with Gasteiger partial charge in [-0.1, -0.05) is 29.8 Å². The molecule has 3 rings (SSSR count). The fourth-order valence-corrected chi connectivity index (χ4v) is 4.24. The van der Waals surface area contributed by atoms with E-state index in [0.717, 1.165) is 21.6 Å². The first kappa shape index (κ1) is 21.4. The van der Waals surface area contributed by atoms with Gasteiger partial charge in [0, 0.05) is 23.0 Å². The van der Waals surface area contributed by atoms with Crippen LogP contribution in [0, 0.1) is 5.82 Å². The molecule has 0 aliphatic carbocycles. The molecule has 29 heavy (non-hydrogen) atoms. The second-order valence-electron chi connectivity index (χ2n) is 5.95. The Morgan fingerprint density at radius 3 is 2.62 bits per heavy atom. The maximum Gasteiger partial charge on any atom is 0.293 e. The molecule has 9 heteroatoms. The van der Waals surface area contributed by atoms with Gasteiger partial charge < -0.3 is 5.32 Å². The molecule has 1 aliphatic rings. The van der Waals surface area contributed by atoms with Crippen molar-refractivity contribution in [3.8, 4) is 0 Å². The molecule has 1 aliphatic heterocycles. The number of imide groups is 1. The summed E-state index contributed by atoms with van der Waals surface area (Å²) in [6, 6.07) is 12.9. The fraction of sp³-hybridized carbons (Fsp3) is 0.150. The van der Waals surface area contributed by atoms with Crippen molar-refractivity contribution in [3.63, 3.8) is 0 Å². The Balaban J connectivity index is 1.48. The van der Waals surface area contributed by atoms with Crippen molar-refractivity contribution >= 4 is 58.3 Å². The maximum absolute atomic E-state index is 12.9. The van der Waals surface area contributed by atoms with Crippen LogP contribution in [0.2, 0.25) is 5.02 Å². The monoisotopic (exact) mass is 450 g/mol. The van der Waals surface area contributed by atoms with Gasteiger partial charge in [-0.3, -0.25) is 19.3 Å². The number of nitrogens with one attached hydrogen (secondary N) is 1. The van der Waals surface area contributed by atoms with Gasteiger partial charge in [-0.05, 0) is 53.7 Å². The molecule has 0 aromatic heterocycles. The van der Waals surface area contributed by atoms with Gasteiger partial charge in [-0.25, -0.2) is 4.39 Å². The normalized spacial score (nSPS) is 15.2. The molecule has 0 bridgehead atoms. The maximum atomic E-state index is 12.9. The average molecular weight is 451 g/mol. The average Bonchev–Trinajstić information content (AvgIpc) is 2.96. The van der Waals surface area contributed by atoms with Gasteiger partial charge in [0.1, 0.15) is 5.82 Å². The summed E-state index contributed by atoms with van der Waals surface area (Å²) in [5.41, 5.74) is 0.658. The van der Waals surface area contributed by atoms with E-state index in [0.29, 0.717) is 15.5 Å². The molecule has 2 aromatic carbocycles. The molecule has 0 radical (unpaired) electrons. The molecule has 1 N–H and O–H groups in total. The predicted octanol–water partition coefficient (Wildman–Crippen LogP) is 4.42. The minimum atomic E-state index is -0.408. The number of hydrogen-bond acceptors (Lipinski definition) is 5. The number of amides is 3. The summed E-state index contributed by atoms with van der Waals surface area (Å²) in [4.78, 5) is 38.7. The van der Waals surface area contributed by atoms with Crippen molar-refractivity contribution in [1.29, 1.82) is 0 Å². The van der Waals surface area contributed by atoms with E-state index in [1.54, 1.807) is 42.5 Å². The summed E-state index contributed by atoms with van der Waals surface area (Å²) in [6.45, 7) is 0.234. The highest BCUT2D eigenvalue weighted by Crippen LogP contribution is 2.33. The van der Waals surface area contributed by atoms with E-state index in [2.05, 4.69) is 5.32 Å². The second kappa shape index (κ2) is 9.96. The van der Waals surface area contributed by atoms with Crippen molar-refractivity contribution in [3.05, 3.63) is 69.8 Å². The van der Waals surface area contributed by atoms with Gasteiger partial charge in [0.2, 0.25) is 5.91 Å². The van der Waals surface area contributed by atoms with Crippen LogP contribution < -0.4 is 5.32 Å². The zero-order chi connectivity index (χ0) is 20.8. The smallest absolute Gasteiger partial charge is 0.293 e. The Labute approximate surface area is 180 Å². The van der Waals surface area contributed by atoms with Crippen molar-refractivity contribution in [1.82, 2.24) is 10.2 Å². The predicted molar refractivity (Wildman–Crippen MR) is 114 cm³/mol. The minimum absolute atomic E-state index is 0.0808. The van der Waals surface area contributed by atoms with Crippen LogP contribution in [0.3, 0.4) is 0 Å². The lowest BCUT2D eigenvalue weighted by molar-refractivity contribution is -0.123. The highest BCUT2D eigenvalue weighted by Gasteiger charge is 2.34. The molecule has 0 unspecified atom stereocenters. The van der Waals surface area contributed by atoms with Crippen molar-refractivity contribution in [2.75, 3.05) is 18.8 Å². The molecule has 0 saturated carbocycles. The van der Waals surface area contributed by atoms with Crippen LogP contribution in [0.5, 0.6) is 0 Å². The number of carbonyl (C=O) groups excluding carboxylic acids is 3. The Bertz CT molecular complexity index is 966. The van der Waals surface area contributed by atoms with E-state index in [1.165, 1.54) is 23.9 Å². The molecule has 0 atom stereocenters. The van der Waals surface area contributed by atoms with E-state index >= 15 is 0 Å². The minimum Gasteiger partial charge on any atom is -0.354 e. The first-order chi connectivity index (χ1) is 13.9. The third-order valence-corrected chi connectivity index (χ3v) is 6.17. The Hall–Kier alpha value is -2.29. The summed E-state index contributed by atoms with van der Waals surface area (Å²) in [6.07, 6.45) is 1.59. The van der Waals surface area contributed by atoms with Crippen LogP contribution in [0.25, 0.3) is 6.08 Å². The Morgan fingerprint density at radius 1 is 1.17 bits per heavy atom. The topological polar surface area (TPSA) is 66.5 Å². The quantitative estimate of drug-likeness (QED) is 0.499. The molecule has 150 valence electrons. The number of thioether (sulfide) groups is 2. The Kier molecular flexibility index (Phi) is 7.35. The largest absolute Gasteiger partial charge is 0.354 e.